The minimum Gasteiger partial charge on any atom is -0.479 e. The average molecular weight is 627 g/mol. The van der Waals surface area contributed by atoms with Crippen molar-refractivity contribution >= 4 is 23.9 Å². The van der Waals surface area contributed by atoms with Crippen molar-refractivity contribution in [3.63, 3.8) is 0 Å². The average Bonchev–Trinajstić information content (AvgIpc) is 2.97. The fraction of sp³-hybridized carbons (Fsp3) is 0.889. The highest BCUT2D eigenvalue weighted by molar-refractivity contribution is 5.92. The van der Waals surface area contributed by atoms with Crippen molar-refractivity contribution in [2.75, 3.05) is 6.61 Å². The molecule has 0 rings (SSSR count). The molecule has 0 heterocycles. The molecule has 0 saturated carbocycles. The van der Waals surface area contributed by atoms with Crippen LogP contribution in [0.15, 0.2) is 0 Å². The molecular formula is C36H66O8. The number of unbranched alkanes of at least 4 members (excludes halogenated alkanes) is 23. The molecule has 0 spiro atoms. The van der Waals surface area contributed by atoms with Crippen LogP contribution in [0.25, 0.3) is 0 Å². The topological polar surface area (TPSA) is 127 Å². The molecule has 0 fully saturated rings. The summed E-state index contributed by atoms with van der Waals surface area (Å²) in [6.45, 7) is 4.48. The van der Waals surface area contributed by atoms with E-state index in [-0.39, 0.29) is 13.0 Å². The zero-order chi connectivity index (χ0) is 32.7. The Balaban J connectivity index is 3.75. The van der Waals surface area contributed by atoms with Gasteiger partial charge in [0.05, 0.1) is 19.4 Å². The second-order valence-corrected chi connectivity index (χ2v) is 12.6. The molecule has 0 aliphatic rings. The van der Waals surface area contributed by atoms with E-state index in [0.717, 1.165) is 44.9 Å². The third-order valence-corrected chi connectivity index (χ3v) is 8.24. The number of carbonyl (C=O) groups excluding carboxylic acids is 3. The van der Waals surface area contributed by atoms with E-state index in [4.69, 9.17) is 4.74 Å². The lowest BCUT2D eigenvalue weighted by atomic mass is 9.96. The van der Waals surface area contributed by atoms with Crippen LogP contribution in [0.1, 0.15) is 194 Å². The Morgan fingerprint density at radius 1 is 0.477 bits per heavy atom. The number of carboxylic acid groups (broad SMARTS) is 1. The van der Waals surface area contributed by atoms with Gasteiger partial charge < -0.3 is 19.7 Å². The Kier molecular flexibility index (Phi) is 28.4. The van der Waals surface area contributed by atoms with Gasteiger partial charge in [-0.25, -0.2) is 4.79 Å². The molecule has 1 atom stereocenters. The fourth-order valence-corrected chi connectivity index (χ4v) is 5.37. The van der Waals surface area contributed by atoms with Crippen LogP contribution in [0.2, 0.25) is 0 Å². The fourth-order valence-electron chi connectivity index (χ4n) is 5.37. The molecule has 0 aromatic heterocycles. The summed E-state index contributed by atoms with van der Waals surface area (Å²) >= 11 is 0. The molecular weight excluding hydrogens is 560 g/mol. The number of carboxylic acids is 1. The van der Waals surface area contributed by atoms with E-state index in [9.17, 15) is 29.4 Å². The Morgan fingerprint density at radius 3 is 1.20 bits per heavy atom. The standard InChI is InChI=1S/C36H66O8/c1-3-5-7-9-10-11-12-13-14-15-16-17-18-19-20-21-22-23-25-27-29-43-33(38)30-36(42,35(40)41)31-34(39)44-32(37)28-26-24-8-6-4-2/h42H,3-31H2,1-2H3,(H,40,41). The van der Waals surface area contributed by atoms with Crippen LogP contribution >= 0.6 is 0 Å². The van der Waals surface area contributed by atoms with Gasteiger partial charge in [0.25, 0.3) is 0 Å². The summed E-state index contributed by atoms with van der Waals surface area (Å²) in [5.74, 6) is -4.57. The maximum absolute atomic E-state index is 12.1. The van der Waals surface area contributed by atoms with E-state index in [1.807, 2.05) is 0 Å². The van der Waals surface area contributed by atoms with Gasteiger partial charge in [0.2, 0.25) is 0 Å². The van der Waals surface area contributed by atoms with Crippen molar-refractivity contribution in [3.8, 4) is 0 Å². The maximum atomic E-state index is 12.1. The summed E-state index contributed by atoms with van der Waals surface area (Å²) in [5, 5.41) is 19.8. The van der Waals surface area contributed by atoms with Gasteiger partial charge in [0.1, 0.15) is 0 Å². The quantitative estimate of drug-likeness (QED) is 0.0429. The lowest BCUT2D eigenvalue weighted by Gasteiger charge is -2.21. The summed E-state index contributed by atoms with van der Waals surface area (Å²) in [5.41, 5.74) is -2.68. The predicted molar refractivity (Wildman–Crippen MR) is 175 cm³/mol. The van der Waals surface area contributed by atoms with Crippen molar-refractivity contribution in [1.82, 2.24) is 0 Å². The molecule has 0 aliphatic heterocycles. The van der Waals surface area contributed by atoms with Crippen molar-refractivity contribution in [3.05, 3.63) is 0 Å². The molecule has 0 radical (unpaired) electrons. The summed E-state index contributed by atoms with van der Waals surface area (Å²) in [7, 11) is 0. The van der Waals surface area contributed by atoms with Crippen LogP contribution in [-0.4, -0.2) is 46.3 Å². The Hall–Kier alpha value is -1.96. The van der Waals surface area contributed by atoms with Crippen LogP contribution in [0.3, 0.4) is 0 Å². The second kappa shape index (κ2) is 29.7. The molecule has 8 nitrogen and oxygen atoms in total. The number of aliphatic hydroxyl groups is 1. The van der Waals surface area contributed by atoms with Crippen molar-refractivity contribution in [2.45, 2.75) is 199 Å². The van der Waals surface area contributed by atoms with E-state index in [0.29, 0.717) is 12.8 Å². The van der Waals surface area contributed by atoms with Gasteiger partial charge in [0, 0.05) is 6.42 Å². The molecule has 0 bridgehead atoms. The number of hydrogen-bond acceptors (Lipinski definition) is 7. The van der Waals surface area contributed by atoms with Gasteiger partial charge >= 0.3 is 23.9 Å². The van der Waals surface area contributed by atoms with Crippen LogP contribution in [-0.2, 0) is 28.7 Å². The molecule has 2 N–H and O–H groups in total. The van der Waals surface area contributed by atoms with E-state index < -0.39 is 42.3 Å². The van der Waals surface area contributed by atoms with Gasteiger partial charge in [-0.05, 0) is 12.8 Å². The van der Waals surface area contributed by atoms with Crippen LogP contribution in [0.5, 0.6) is 0 Å². The third kappa shape index (κ3) is 26.4. The van der Waals surface area contributed by atoms with E-state index >= 15 is 0 Å². The Morgan fingerprint density at radius 2 is 0.818 bits per heavy atom. The van der Waals surface area contributed by atoms with Crippen molar-refractivity contribution in [1.29, 1.82) is 0 Å². The first kappa shape index (κ1) is 42.0. The number of ether oxygens (including phenoxy) is 2. The molecule has 8 heteroatoms. The van der Waals surface area contributed by atoms with E-state index in [1.54, 1.807) is 0 Å². The van der Waals surface area contributed by atoms with Gasteiger partial charge in [-0.2, -0.15) is 0 Å². The number of aliphatic carboxylic acids is 1. The zero-order valence-corrected chi connectivity index (χ0v) is 28.4. The third-order valence-electron chi connectivity index (χ3n) is 8.24. The highest BCUT2D eigenvalue weighted by Crippen LogP contribution is 2.19. The van der Waals surface area contributed by atoms with Gasteiger partial charge in [0.15, 0.2) is 5.60 Å². The van der Waals surface area contributed by atoms with Gasteiger partial charge in [-0.15, -0.1) is 0 Å². The van der Waals surface area contributed by atoms with Crippen LogP contribution in [0.4, 0.5) is 0 Å². The number of carbonyl (C=O) groups is 4. The smallest absolute Gasteiger partial charge is 0.336 e. The summed E-state index contributed by atoms with van der Waals surface area (Å²) in [6, 6.07) is 0. The first-order valence-electron chi connectivity index (χ1n) is 18.1. The van der Waals surface area contributed by atoms with E-state index in [2.05, 4.69) is 18.6 Å². The van der Waals surface area contributed by atoms with Gasteiger partial charge in [-0.3, -0.25) is 14.4 Å². The highest BCUT2D eigenvalue weighted by atomic mass is 16.6. The molecule has 0 aromatic carbocycles. The first-order valence-corrected chi connectivity index (χ1v) is 18.1. The van der Waals surface area contributed by atoms with E-state index in [1.165, 1.54) is 103 Å². The molecule has 0 amide bonds. The molecule has 0 saturated heterocycles. The molecule has 1 unspecified atom stereocenters. The minimum atomic E-state index is -2.68. The lowest BCUT2D eigenvalue weighted by Crippen LogP contribution is -2.43. The van der Waals surface area contributed by atoms with Gasteiger partial charge in [-0.1, -0.05) is 162 Å². The molecule has 44 heavy (non-hydrogen) atoms. The van der Waals surface area contributed by atoms with Crippen molar-refractivity contribution < 1.29 is 38.9 Å². The summed E-state index contributed by atoms with van der Waals surface area (Å²) in [4.78, 5) is 47.5. The number of hydrogen-bond donors (Lipinski definition) is 2. The lowest BCUT2D eigenvalue weighted by molar-refractivity contribution is -0.175. The second-order valence-electron chi connectivity index (χ2n) is 12.6. The number of esters is 3. The zero-order valence-electron chi connectivity index (χ0n) is 28.4. The summed E-state index contributed by atoms with van der Waals surface area (Å²) < 4.78 is 9.73. The van der Waals surface area contributed by atoms with Crippen LogP contribution in [0, 0.1) is 0 Å². The largest absolute Gasteiger partial charge is 0.479 e. The first-order chi connectivity index (χ1) is 21.2. The highest BCUT2D eigenvalue weighted by Gasteiger charge is 2.42. The molecule has 258 valence electrons. The predicted octanol–water partition coefficient (Wildman–Crippen LogP) is 9.38. The minimum absolute atomic E-state index is 0.0441. The molecule has 0 aliphatic carbocycles. The Labute approximate surface area is 268 Å². The summed E-state index contributed by atoms with van der Waals surface area (Å²) in [6.07, 6.45) is 28.2. The van der Waals surface area contributed by atoms with Crippen LogP contribution < -0.4 is 0 Å². The molecule has 0 aromatic rings. The monoisotopic (exact) mass is 626 g/mol. The SMILES string of the molecule is CCCCCCCCCCCCCCCCCCCCCCOC(=O)CC(O)(CC(=O)OC(=O)CCCCCCC)C(=O)O. The van der Waals surface area contributed by atoms with Crippen molar-refractivity contribution in [2.24, 2.45) is 0 Å². The Bertz CT molecular complexity index is 738. The maximum Gasteiger partial charge on any atom is 0.336 e. The normalized spacial score (nSPS) is 12.5. The number of rotatable bonds is 32.